The minimum atomic E-state index is -0.345. The first-order valence-electron chi connectivity index (χ1n) is 8.60. The molecule has 0 aliphatic carbocycles. The number of aliphatic imine (C=N–C) groups is 1. The number of rotatable bonds is 9. The SMILES string of the molecule is CCNC(=NCc1ccc(Oc2cccc(F)c2)nc1)NCCCOC.I. The van der Waals surface area contributed by atoms with Gasteiger partial charge >= 0.3 is 0 Å². The van der Waals surface area contributed by atoms with E-state index in [4.69, 9.17) is 9.47 Å². The first kappa shape index (κ1) is 23.1. The van der Waals surface area contributed by atoms with E-state index in [2.05, 4.69) is 20.6 Å². The lowest BCUT2D eigenvalue weighted by Crippen LogP contribution is -2.38. The van der Waals surface area contributed by atoms with Crippen LogP contribution in [0.2, 0.25) is 0 Å². The van der Waals surface area contributed by atoms with Gasteiger partial charge in [-0.2, -0.15) is 0 Å². The standard InChI is InChI=1S/C19H25FN4O2.HI/c1-3-21-19(22-10-5-11-25-2)24-14-15-8-9-18(23-13-15)26-17-7-4-6-16(20)12-17;/h4,6-9,12-13H,3,5,10-11,14H2,1-2H3,(H2,21,22,24);1H. The van der Waals surface area contributed by atoms with Gasteiger partial charge in [0.25, 0.3) is 0 Å². The summed E-state index contributed by atoms with van der Waals surface area (Å²) in [5, 5.41) is 6.45. The highest BCUT2D eigenvalue weighted by molar-refractivity contribution is 14.0. The van der Waals surface area contributed by atoms with Crippen molar-refractivity contribution < 1.29 is 13.9 Å². The Balaban J connectivity index is 0.00000364. The number of aromatic nitrogens is 1. The highest BCUT2D eigenvalue weighted by atomic mass is 127. The summed E-state index contributed by atoms with van der Waals surface area (Å²) in [6, 6.07) is 9.59. The number of halogens is 2. The van der Waals surface area contributed by atoms with Crippen molar-refractivity contribution in [3.05, 3.63) is 54.0 Å². The number of hydrogen-bond acceptors (Lipinski definition) is 4. The Bertz CT molecular complexity index is 698. The molecule has 2 aromatic rings. The molecule has 0 aliphatic heterocycles. The Labute approximate surface area is 176 Å². The van der Waals surface area contributed by atoms with E-state index >= 15 is 0 Å². The van der Waals surface area contributed by atoms with Crippen molar-refractivity contribution in [3.8, 4) is 11.6 Å². The zero-order valence-electron chi connectivity index (χ0n) is 15.6. The lowest BCUT2D eigenvalue weighted by Gasteiger charge is -2.11. The van der Waals surface area contributed by atoms with Gasteiger partial charge < -0.3 is 20.1 Å². The fourth-order valence-corrected chi connectivity index (χ4v) is 2.15. The molecular formula is C19H26FIN4O2. The van der Waals surface area contributed by atoms with Crippen LogP contribution in [0, 0.1) is 5.82 Å². The fourth-order valence-electron chi connectivity index (χ4n) is 2.15. The summed E-state index contributed by atoms with van der Waals surface area (Å²) in [7, 11) is 1.69. The Morgan fingerprint density at radius 2 is 2.07 bits per heavy atom. The van der Waals surface area contributed by atoms with E-state index in [1.807, 2.05) is 13.0 Å². The van der Waals surface area contributed by atoms with E-state index in [1.165, 1.54) is 12.1 Å². The highest BCUT2D eigenvalue weighted by Crippen LogP contribution is 2.20. The van der Waals surface area contributed by atoms with E-state index in [1.54, 1.807) is 31.5 Å². The number of nitrogens with one attached hydrogen (secondary N) is 2. The van der Waals surface area contributed by atoms with Crippen molar-refractivity contribution in [1.82, 2.24) is 15.6 Å². The molecule has 0 saturated heterocycles. The molecule has 0 unspecified atom stereocenters. The van der Waals surface area contributed by atoms with Gasteiger partial charge in [-0.05, 0) is 31.0 Å². The van der Waals surface area contributed by atoms with Crippen molar-refractivity contribution in [2.75, 3.05) is 26.8 Å². The molecule has 0 saturated carbocycles. The van der Waals surface area contributed by atoms with Crippen molar-refractivity contribution in [2.24, 2.45) is 4.99 Å². The highest BCUT2D eigenvalue weighted by Gasteiger charge is 2.02. The molecular weight excluding hydrogens is 462 g/mol. The number of pyridine rings is 1. The third-order valence-corrected chi connectivity index (χ3v) is 3.40. The summed E-state index contributed by atoms with van der Waals surface area (Å²) >= 11 is 0. The molecule has 148 valence electrons. The lowest BCUT2D eigenvalue weighted by molar-refractivity contribution is 0.195. The summed E-state index contributed by atoms with van der Waals surface area (Å²) in [6.07, 6.45) is 2.61. The quantitative estimate of drug-likeness (QED) is 0.244. The Kier molecular flexibility index (Phi) is 11.3. The van der Waals surface area contributed by atoms with Gasteiger partial charge in [-0.1, -0.05) is 12.1 Å². The molecule has 2 N–H and O–H groups in total. The number of guanidine groups is 1. The molecule has 0 fully saturated rings. The normalized spacial score (nSPS) is 10.9. The molecule has 0 spiro atoms. The molecule has 0 amide bonds. The molecule has 2 rings (SSSR count). The monoisotopic (exact) mass is 488 g/mol. The van der Waals surface area contributed by atoms with Crippen LogP contribution in [0.3, 0.4) is 0 Å². The Hall–Kier alpha value is -1.94. The molecule has 6 nitrogen and oxygen atoms in total. The Morgan fingerprint density at radius 1 is 1.22 bits per heavy atom. The summed E-state index contributed by atoms with van der Waals surface area (Å²) in [5.74, 6) is 1.23. The van der Waals surface area contributed by atoms with Crippen molar-refractivity contribution in [3.63, 3.8) is 0 Å². The van der Waals surface area contributed by atoms with Crippen LogP contribution in [0.4, 0.5) is 4.39 Å². The second-order valence-corrected chi connectivity index (χ2v) is 5.53. The van der Waals surface area contributed by atoms with E-state index in [-0.39, 0.29) is 29.8 Å². The van der Waals surface area contributed by atoms with Crippen LogP contribution < -0.4 is 15.4 Å². The average molecular weight is 488 g/mol. The predicted octanol–water partition coefficient (Wildman–Crippen LogP) is 3.72. The molecule has 1 aromatic heterocycles. The number of hydrogen-bond donors (Lipinski definition) is 2. The number of methoxy groups -OCH3 is 1. The second-order valence-electron chi connectivity index (χ2n) is 5.53. The van der Waals surface area contributed by atoms with Crippen LogP contribution in [-0.4, -0.2) is 37.7 Å². The average Bonchev–Trinajstić information content (AvgIpc) is 2.64. The van der Waals surface area contributed by atoms with Gasteiger partial charge in [0.2, 0.25) is 5.88 Å². The maximum absolute atomic E-state index is 13.2. The predicted molar refractivity (Wildman–Crippen MR) is 115 cm³/mol. The van der Waals surface area contributed by atoms with Gasteiger partial charge in [-0.25, -0.2) is 14.4 Å². The Morgan fingerprint density at radius 3 is 2.74 bits per heavy atom. The van der Waals surface area contributed by atoms with E-state index in [0.717, 1.165) is 31.0 Å². The van der Waals surface area contributed by atoms with Gasteiger partial charge in [0.15, 0.2) is 5.96 Å². The summed E-state index contributed by atoms with van der Waals surface area (Å²) in [5.41, 5.74) is 0.950. The number of nitrogens with zero attached hydrogens (tertiary/aromatic N) is 2. The van der Waals surface area contributed by atoms with E-state index in [0.29, 0.717) is 24.8 Å². The zero-order valence-corrected chi connectivity index (χ0v) is 17.9. The molecule has 0 bridgehead atoms. The molecule has 0 radical (unpaired) electrons. The topological polar surface area (TPSA) is 67.8 Å². The van der Waals surface area contributed by atoms with Crippen LogP contribution in [0.15, 0.2) is 47.6 Å². The largest absolute Gasteiger partial charge is 0.439 e. The van der Waals surface area contributed by atoms with Gasteiger partial charge in [0.1, 0.15) is 11.6 Å². The van der Waals surface area contributed by atoms with Crippen LogP contribution in [0.25, 0.3) is 0 Å². The van der Waals surface area contributed by atoms with Crippen molar-refractivity contribution in [2.45, 2.75) is 19.9 Å². The van der Waals surface area contributed by atoms with Crippen molar-refractivity contribution in [1.29, 1.82) is 0 Å². The van der Waals surface area contributed by atoms with E-state index < -0.39 is 0 Å². The maximum Gasteiger partial charge on any atom is 0.219 e. The van der Waals surface area contributed by atoms with Crippen LogP contribution in [0.1, 0.15) is 18.9 Å². The van der Waals surface area contributed by atoms with E-state index in [9.17, 15) is 4.39 Å². The molecule has 0 aliphatic rings. The summed E-state index contributed by atoms with van der Waals surface area (Å²) < 4.78 is 23.7. The molecule has 0 atom stereocenters. The second kappa shape index (κ2) is 13.3. The van der Waals surface area contributed by atoms with Gasteiger partial charge in [0.05, 0.1) is 6.54 Å². The van der Waals surface area contributed by atoms with Gasteiger partial charge in [0, 0.05) is 45.1 Å². The number of benzene rings is 1. The third kappa shape index (κ3) is 9.00. The first-order valence-corrected chi connectivity index (χ1v) is 8.60. The van der Waals surface area contributed by atoms with Crippen molar-refractivity contribution >= 4 is 29.9 Å². The lowest BCUT2D eigenvalue weighted by atomic mass is 10.3. The molecule has 1 heterocycles. The first-order chi connectivity index (χ1) is 12.7. The fraction of sp³-hybridized carbons (Fsp3) is 0.368. The minimum Gasteiger partial charge on any atom is -0.439 e. The molecule has 8 heteroatoms. The van der Waals surface area contributed by atoms with Crippen LogP contribution in [-0.2, 0) is 11.3 Å². The summed E-state index contributed by atoms with van der Waals surface area (Å²) in [4.78, 5) is 8.77. The zero-order chi connectivity index (χ0) is 18.6. The molecule has 1 aromatic carbocycles. The third-order valence-electron chi connectivity index (χ3n) is 3.40. The minimum absolute atomic E-state index is 0. The maximum atomic E-state index is 13.2. The van der Waals surface area contributed by atoms with Gasteiger partial charge in [-0.15, -0.1) is 24.0 Å². The summed E-state index contributed by atoms with van der Waals surface area (Å²) in [6.45, 7) is 4.80. The molecule has 27 heavy (non-hydrogen) atoms. The van der Waals surface area contributed by atoms with Crippen LogP contribution in [0.5, 0.6) is 11.6 Å². The number of ether oxygens (including phenoxy) is 2. The van der Waals surface area contributed by atoms with Gasteiger partial charge in [-0.3, -0.25) is 0 Å². The van der Waals surface area contributed by atoms with Crippen LogP contribution >= 0.6 is 24.0 Å². The smallest absolute Gasteiger partial charge is 0.219 e.